The Hall–Kier alpha value is -1.68. The average Bonchev–Trinajstić information content (AvgIpc) is 3.29. The fourth-order valence-electron chi connectivity index (χ4n) is 6.15. The van der Waals surface area contributed by atoms with Crippen LogP contribution in [-0.4, -0.2) is 66.2 Å². The Kier molecular flexibility index (Phi) is 6.26. The number of aromatic nitrogens is 4. The summed E-state index contributed by atoms with van der Waals surface area (Å²) in [6, 6.07) is 0. The lowest BCUT2D eigenvalue weighted by Gasteiger charge is -2.52. The number of nitrogens with zero attached hydrogens (tertiary/aromatic N) is 4. The molecule has 0 amide bonds. The quantitative estimate of drug-likeness (QED) is 0.560. The number of ether oxygens (including phenoxy) is 1. The number of anilines is 1. The summed E-state index contributed by atoms with van der Waals surface area (Å²) in [6.07, 6.45) is 2.95. The number of hydrogen-bond donors (Lipinski definition) is 2. The van der Waals surface area contributed by atoms with Crippen molar-refractivity contribution in [2.75, 3.05) is 12.3 Å². The van der Waals surface area contributed by atoms with Gasteiger partial charge in [-0.05, 0) is 34.3 Å². The van der Waals surface area contributed by atoms with E-state index in [0.29, 0.717) is 17.0 Å². The van der Waals surface area contributed by atoms with E-state index in [9.17, 15) is 5.11 Å². The van der Waals surface area contributed by atoms with Crippen LogP contribution in [-0.2, 0) is 17.7 Å². The molecule has 0 unspecified atom stereocenters. The maximum atomic E-state index is 12.2. The first-order valence-corrected chi connectivity index (χ1v) is 16.9. The Morgan fingerprint density at radius 1 is 1.03 bits per heavy atom. The van der Waals surface area contributed by atoms with Gasteiger partial charge in [0.05, 0.1) is 6.61 Å². The van der Waals surface area contributed by atoms with Crippen LogP contribution in [0.2, 0.25) is 22.2 Å². The molecule has 2 fully saturated rings. The molecular weight excluding hydrogens is 494 g/mol. The summed E-state index contributed by atoms with van der Waals surface area (Å²) in [5.74, 6) is 0.883. The van der Waals surface area contributed by atoms with Gasteiger partial charge in [-0.15, -0.1) is 0 Å². The van der Waals surface area contributed by atoms with Crippen LogP contribution in [0.4, 0.5) is 5.82 Å². The third kappa shape index (κ3) is 3.49. The van der Waals surface area contributed by atoms with Gasteiger partial charge in [0.25, 0.3) is 0 Å². The van der Waals surface area contributed by atoms with Gasteiger partial charge in [0.15, 0.2) is 28.8 Å². The van der Waals surface area contributed by atoms with E-state index in [2.05, 4.69) is 70.3 Å². The molecule has 36 heavy (non-hydrogen) atoms. The predicted octanol–water partition coefficient (Wildman–Crippen LogP) is 4.02. The van der Waals surface area contributed by atoms with E-state index in [4.69, 9.17) is 23.4 Å². The van der Waals surface area contributed by atoms with Gasteiger partial charge in [-0.2, -0.15) is 0 Å². The van der Waals surface area contributed by atoms with Crippen molar-refractivity contribution in [2.24, 2.45) is 0 Å². The van der Waals surface area contributed by atoms with Crippen molar-refractivity contribution in [1.29, 1.82) is 0 Å². The third-order valence-electron chi connectivity index (χ3n) is 8.08. The Morgan fingerprint density at radius 2 is 1.67 bits per heavy atom. The van der Waals surface area contributed by atoms with Crippen LogP contribution in [0.15, 0.2) is 12.4 Å². The van der Waals surface area contributed by atoms with Crippen LogP contribution in [0.25, 0.3) is 17.2 Å². The Morgan fingerprint density at radius 3 is 2.28 bits per heavy atom. The first kappa shape index (κ1) is 26.0. The monoisotopic (exact) mass is 533 g/mol. The molecule has 2 saturated heterocycles. The van der Waals surface area contributed by atoms with Crippen molar-refractivity contribution >= 4 is 40.2 Å². The standard InChI is InChI=1S/C24H39N5O5Si2/c1-13(2)35(14(3)4)31-11-17-20(33-36(34-35,15(5)6)16(7)8)24(30)10-9-18-28-19-21(25)26-12-27-22(19)29(18)23(24)32-17/h9-10,12-17,20,23,30H,11H2,1-8H3,(H2,25,26,27)/t17-,20-,23-,24-/m1/s1. The van der Waals surface area contributed by atoms with E-state index >= 15 is 0 Å². The highest BCUT2D eigenvalue weighted by Crippen LogP contribution is 2.52. The molecule has 5 rings (SSSR count). The first-order valence-electron chi connectivity index (χ1n) is 12.9. The average molecular weight is 534 g/mol. The summed E-state index contributed by atoms with van der Waals surface area (Å²) in [5.41, 5.74) is 6.33. The van der Waals surface area contributed by atoms with Crippen molar-refractivity contribution in [1.82, 2.24) is 19.5 Å². The zero-order valence-electron chi connectivity index (χ0n) is 22.4. The van der Waals surface area contributed by atoms with Crippen molar-refractivity contribution in [3.63, 3.8) is 0 Å². The maximum absolute atomic E-state index is 12.2. The van der Waals surface area contributed by atoms with E-state index in [1.165, 1.54) is 6.33 Å². The van der Waals surface area contributed by atoms with Crippen LogP contribution in [0, 0.1) is 0 Å². The van der Waals surface area contributed by atoms with E-state index in [-0.39, 0.29) is 34.6 Å². The lowest BCUT2D eigenvalue weighted by atomic mass is 9.92. The summed E-state index contributed by atoms with van der Waals surface area (Å²) in [7, 11) is -5.66. The summed E-state index contributed by atoms with van der Waals surface area (Å²) in [5, 5.41) is 12.2. The van der Waals surface area contributed by atoms with E-state index in [0.717, 1.165) is 0 Å². The van der Waals surface area contributed by atoms with Gasteiger partial charge >= 0.3 is 17.1 Å². The van der Waals surface area contributed by atoms with Gasteiger partial charge in [-0.25, -0.2) is 15.0 Å². The number of nitrogen functional groups attached to an aromatic ring is 1. The van der Waals surface area contributed by atoms with Gasteiger partial charge in [0, 0.05) is 0 Å². The molecule has 12 heteroatoms. The van der Waals surface area contributed by atoms with Crippen molar-refractivity contribution in [3.8, 4) is 0 Å². The minimum atomic E-state index is -2.94. The minimum Gasteiger partial charge on any atom is -0.414 e. The van der Waals surface area contributed by atoms with E-state index < -0.39 is 41.2 Å². The smallest absolute Gasteiger partial charge is 0.335 e. The lowest BCUT2D eigenvalue weighted by molar-refractivity contribution is -0.0777. The summed E-state index contributed by atoms with van der Waals surface area (Å²) in [6.45, 7) is 17.7. The van der Waals surface area contributed by atoms with Gasteiger partial charge in [-0.1, -0.05) is 55.4 Å². The SMILES string of the molecule is CC(C)[Si]1(C(C)C)OC[C@H]2O[C@H]3n4c(nc5c(N)ncnc54)C=C[C@@]3(O)[C@@H]2O[Si](C(C)C)(C(C)C)O1. The molecular formula is C24H39N5O5Si2. The molecule has 3 N–H and O–H groups in total. The zero-order chi connectivity index (χ0) is 26.2. The van der Waals surface area contributed by atoms with Crippen LogP contribution in [0.1, 0.15) is 67.4 Å². The molecule has 5 heterocycles. The molecule has 0 bridgehead atoms. The summed E-state index contributed by atoms with van der Waals surface area (Å²) >= 11 is 0. The molecule has 0 radical (unpaired) electrons. The van der Waals surface area contributed by atoms with Crippen LogP contribution >= 0.6 is 0 Å². The Labute approximate surface area is 214 Å². The van der Waals surface area contributed by atoms with Crippen molar-refractivity contribution < 1.29 is 22.8 Å². The Bertz CT molecular complexity index is 1170. The first-order chi connectivity index (χ1) is 16.9. The van der Waals surface area contributed by atoms with Crippen LogP contribution < -0.4 is 5.73 Å². The number of imidazole rings is 1. The molecule has 3 aliphatic rings. The molecule has 2 aromatic heterocycles. The van der Waals surface area contributed by atoms with Crippen molar-refractivity contribution in [3.05, 3.63) is 18.2 Å². The molecule has 10 nitrogen and oxygen atoms in total. The molecule has 0 aliphatic carbocycles. The highest BCUT2D eigenvalue weighted by atomic mass is 28.5. The van der Waals surface area contributed by atoms with Crippen LogP contribution in [0.5, 0.6) is 0 Å². The highest BCUT2D eigenvalue weighted by molar-refractivity contribution is 6.84. The number of aliphatic hydroxyl groups is 1. The van der Waals surface area contributed by atoms with Gasteiger partial charge in [0.1, 0.15) is 24.4 Å². The molecule has 4 atom stereocenters. The minimum absolute atomic E-state index is 0.136. The highest BCUT2D eigenvalue weighted by Gasteiger charge is 2.66. The Balaban J connectivity index is 1.65. The number of fused-ring (bicyclic) bond motifs is 7. The van der Waals surface area contributed by atoms with E-state index in [1.807, 2.05) is 0 Å². The van der Waals surface area contributed by atoms with Crippen molar-refractivity contribution in [2.45, 2.75) is 102 Å². The summed E-state index contributed by atoms with van der Waals surface area (Å²) in [4.78, 5) is 13.1. The van der Waals surface area contributed by atoms with E-state index in [1.54, 1.807) is 16.7 Å². The molecule has 0 saturated carbocycles. The number of rotatable bonds is 4. The third-order valence-corrected chi connectivity index (χ3v) is 18.3. The fraction of sp³-hybridized carbons (Fsp3) is 0.708. The molecule has 3 aliphatic heterocycles. The lowest BCUT2D eigenvalue weighted by Crippen LogP contribution is -2.67. The number of hydrogen-bond acceptors (Lipinski definition) is 9. The second-order valence-electron chi connectivity index (χ2n) is 11.5. The second kappa shape index (κ2) is 8.68. The largest absolute Gasteiger partial charge is 0.414 e. The maximum Gasteiger partial charge on any atom is 0.335 e. The molecule has 0 aromatic carbocycles. The second-order valence-corrected chi connectivity index (χ2v) is 20.4. The van der Waals surface area contributed by atoms with Gasteiger partial charge in [0.2, 0.25) is 0 Å². The van der Waals surface area contributed by atoms with Gasteiger partial charge < -0.3 is 28.5 Å². The molecule has 0 spiro atoms. The molecule has 198 valence electrons. The molecule has 2 aromatic rings. The van der Waals surface area contributed by atoms with Gasteiger partial charge in [-0.3, -0.25) is 4.57 Å². The predicted molar refractivity (Wildman–Crippen MR) is 141 cm³/mol. The fourth-order valence-corrected chi connectivity index (χ4v) is 17.4. The summed E-state index contributed by atoms with van der Waals surface area (Å²) < 4.78 is 29.6. The number of nitrogens with two attached hydrogens (primary N) is 1. The normalized spacial score (nSPS) is 31.1. The zero-order valence-corrected chi connectivity index (χ0v) is 24.4. The topological polar surface area (TPSA) is 127 Å². The van der Waals surface area contributed by atoms with Crippen LogP contribution in [0.3, 0.4) is 0 Å².